The Balaban J connectivity index is 2.23. The predicted molar refractivity (Wildman–Crippen MR) is 67.8 cm³/mol. The molecule has 104 valence electrons. The van der Waals surface area contributed by atoms with Crippen LogP contribution in [0, 0.1) is 10.1 Å². The van der Waals surface area contributed by atoms with Crippen LogP contribution >= 0.6 is 0 Å². The average Bonchev–Trinajstić information content (AvgIpc) is 2.68. The first kappa shape index (κ1) is 13.5. The van der Waals surface area contributed by atoms with E-state index in [2.05, 4.69) is 0 Å². The lowest BCUT2D eigenvalue weighted by Crippen LogP contribution is -2.46. The third-order valence-corrected chi connectivity index (χ3v) is 3.54. The van der Waals surface area contributed by atoms with Crippen LogP contribution < -0.4 is 0 Å². The maximum absolute atomic E-state index is 12.4. The van der Waals surface area contributed by atoms with Crippen molar-refractivity contribution in [3.05, 3.63) is 28.1 Å². The van der Waals surface area contributed by atoms with Gasteiger partial charge in [0.15, 0.2) is 0 Å². The molecule has 1 aromatic rings. The Morgan fingerprint density at radius 2 is 2.32 bits per heavy atom. The highest BCUT2D eigenvalue weighted by Gasteiger charge is 2.31. The number of aromatic nitrogens is 1. The second kappa shape index (κ2) is 5.40. The van der Waals surface area contributed by atoms with Crippen LogP contribution in [0.5, 0.6) is 0 Å². The number of nitro groups is 1. The summed E-state index contributed by atoms with van der Waals surface area (Å²) in [5.74, 6) is -0.255. The molecule has 1 aliphatic carbocycles. The van der Waals surface area contributed by atoms with Crippen LogP contribution in [0.3, 0.4) is 0 Å². The lowest BCUT2D eigenvalue weighted by molar-refractivity contribution is -0.384. The third-order valence-electron chi connectivity index (χ3n) is 3.54. The lowest BCUT2D eigenvalue weighted by atomic mass is 9.91. The minimum absolute atomic E-state index is 0.0941. The van der Waals surface area contributed by atoms with Gasteiger partial charge in [0.05, 0.1) is 17.7 Å². The Bertz CT molecular complexity index is 493. The highest BCUT2D eigenvalue weighted by Crippen LogP contribution is 2.27. The number of aliphatic hydroxyl groups excluding tert-OH is 1. The molecule has 0 saturated heterocycles. The van der Waals surface area contributed by atoms with Crippen LogP contribution in [0.1, 0.15) is 29.8 Å². The Labute approximate surface area is 110 Å². The van der Waals surface area contributed by atoms with Crippen molar-refractivity contribution in [2.75, 3.05) is 13.2 Å². The second-order valence-electron chi connectivity index (χ2n) is 4.76. The molecule has 7 heteroatoms. The maximum atomic E-state index is 12.4. The number of rotatable bonds is 5. The van der Waals surface area contributed by atoms with Crippen molar-refractivity contribution in [1.82, 2.24) is 9.47 Å². The Morgan fingerprint density at radius 1 is 1.63 bits per heavy atom. The second-order valence-corrected chi connectivity index (χ2v) is 4.76. The molecular weight excluding hydrogens is 250 g/mol. The quantitative estimate of drug-likeness (QED) is 0.634. The monoisotopic (exact) mass is 267 g/mol. The van der Waals surface area contributed by atoms with E-state index in [1.54, 1.807) is 11.9 Å². The zero-order chi connectivity index (χ0) is 14.0. The van der Waals surface area contributed by atoms with Crippen molar-refractivity contribution in [3.63, 3.8) is 0 Å². The summed E-state index contributed by atoms with van der Waals surface area (Å²) in [4.78, 5) is 24.2. The van der Waals surface area contributed by atoms with Crippen molar-refractivity contribution in [2.24, 2.45) is 7.05 Å². The summed E-state index contributed by atoms with van der Waals surface area (Å²) < 4.78 is 1.46. The summed E-state index contributed by atoms with van der Waals surface area (Å²) >= 11 is 0. The van der Waals surface area contributed by atoms with E-state index >= 15 is 0 Å². The van der Waals surface area contributed by atoms with E-state index in [9.17, 15) is 14.9 Å². The molecule has 2 rings (SSSR count). The van der Waals surface area contributed by atoms with Crippen LogP contribution in [0.4, 0.5) is 5.69 Å². The first-order valence-electron chi connectivity index (χ1n) is 6.27. The fraction of sp³-hybridized carbons (Fsp3) is 0.583. The minimum Gasteiger partial charge on any atom is -0.395 e. The Kier molecular flexibility index (Phi) is 3.84. The van der Waals surface area contributed by atoms with Gasteiger partial charge in [0.2, 0.25) is 0 Å². The minimum atomic E-state index is -0.517. The normalized spacial score (nSPS) is 15.1. The van der Waals surface area contributed by atoms with E-state index in [-0.39, 0.29) is 36.5 Å². The number of aliphatic hydroxyl groups is 1. The van der Waals surface area contributed by atoms with Crippen LogP contribution in [-0.4, -0.2) is 44.6 Å². The van der Waals surface area contributed by atoms with Crippen LogP contribution in [-0.2, 0) is 7.05 Å². The molecule has 0 aliphatic heterocycles. The first-order valence-corrected chi connectivity index (χ1v) is 6.27. The largest absolute Gasteiger partial charge is 0.395 e. The number of hydrogen-bond donors (Lipinski definition) is 1. The molecule has 19 heavy (non-hydrogen) atoms. The Morgan fingerprint density at radius 3 is 2.74 bits per heavy atom. The molecule has 0 radical (unpaired) electrons. The fourth-order valence-corrected chi connectivity index (χ4v) is 2.26. The molecule has 1 aliphatic rings. The van der Waals surface area contributed by atoms with E-state index in [4.69, 9.17) is 5.11 Å². The highest BCUT2D eigenvalue weighted by atomic mass is 16.6. The molecule has 0 atom stereocenters. The van der Waals surface area contributed by atoms with Crippen molar-refractivity contribution in [1.29, 1.82) is 0 Å². The van der Waals surface area contributed by atoms with Crippen molar-refractivity contribution in [3.8, 4) is 0 Å². The summed E-state index contributed by atoms with van der Waals surface area (Å²) in [7, 11) is 1.61. The molecule has 0 aromatic carbocycles. The summed E-state index contributed by atoms with van der Waals surface area (Å²) in [5, 5.41) is 19.8. The molecule has 1 N–H and O–H groups in total. The van der Waals surface area contributed by atoms with Gasteiger partial charge in [0.25, 0.3) is 11.6 Å². The van der Waals surface area contributed by atoms with Crippen molar-refractivity contribution in [2.45, 2.75) is 25.3 Å². The number of aryl methyl sites for hydroxylation is 1. The number of carbonyl (C=O) groups excluding carboxylic acids is 1. The van der Waals surface area contributed by atoms with Gasteiger partial charge in [-0.1, -0.05) is 0 Å². The number of nitrogens with zero attached hydrogens (tertiary/aromatic N) is 3. The topological polar surface area (TPSA) is 88.6 Å². The average molecular weight is 267 g/mol. The van der Waals surface area contributed by atoms with Gasteiger partial charge in [-0.25, -0.2) is 0 Å². The van der Waals surface area contributed by atoms with E-state index < -0.39 is 4.92 Å². The summed E-state index contributed by atoms with van der Waals surface area (Å²) in [6, 6.07) is 1.43. The van der Waals surface area contributed by atoms with Gasteiger partial charge in [-0.2, -0.15) is 0 Å². The van der Waals surface area contributed by atoms with Crippen LogP contribution in [0.15, 0.2) is 12.3 Å². The van der Waals surface area contributed by atoms with E-state index in [1.807, 2.05) is 0 Å². The van der Waals surface area contributed by atoms with Crippen LogP contribution in [0.2, 0.25) is 0 Å². The van der Waals surface area contributed by atoms with Crippen molar-refractivity contribution < 1.29 is 14.8 Å². The molecule has 0 spiro atoms. The van der Waals surface area contributed by atoms with E-state index in [0.717, 1.165) is 19.3 Å². The lowest BCUT2D eigenvalue weighted by Gasteiger charge is -2.37. The molecule has 0 bridgehead atoms. The van der Waals surface area contributed by atoms with Gasteiger partial charge in [-0.3, -0.25) is 14.9 Å². The van der Waals surface area contributed by atoms with Gasteiger partial charge in [0.1, 0.15) is 5.69 Å². The highest BCUT2D eigenvalue weighted by molar-refractivity contribution is 5.93. The molecule has 1 heterocycles. The Hall–Kier alpha value is -1.89. The standard InChI is InChI=1S/C12H17N3O4/c1-13-8-10(15(18)19)7-11(13)12(17)14(5-6-16)9-3-2-4-9/h7-9,16H,2-6H2,1H3. The molecule has 1 saturated carbocycles. The number of hydrogen-bond acceptors (Lipinski definition) is 4. The molecule has 1 amide bonds. The van der Waals surface area contributed by atoms with Gasteiger partial charge in [-0.15, -0.1) is 0 Å². The number of amides is 1. The van der Waals surface area contributed by atoms with Gasteiger partial charge in [0, 0.05) is 25.7 Å². The SMILES string of the molecule is Cn1cc([N+](=O)[O-])cc1C(=O)N(CCO)C1CCC1. The smallest absolute Gasteiger partial charge is 0.287 e. The molecule has 7 nitrogen and oxygen atoms in total. The fourth-order valence-electron chi connectivity index (χ4n) is 2.26. The summed E-state index contributed by atoms with van der Waals surface area (Å²) in [6.07, 6.45) is 4.26. The van der Waals surface area contributed by atoms with E-state index in [1.165, 1.54) is 16.8 Å². The zero-order valence-electron chi connectivity index (χ0n) is 10.8. The van der Waals surface area contributed by atoms with E-state index in [0.29, 0.717) is 0 Å². The van der Waals surface area contributed by atoms with Gasteiger partial charge < -0.3 is 14.6 Å². The molecule has 0 unspecified atom stereocenters. The number of carbonyl (C=O) groups is 1. The molecular formula is C12H17N3O4. The molecule has 1 fully saturated rings. The van der Waals surface area contributed by atoms with Crippen LogP contribution in [0.25, 0.3) is 0 Å². The predicted octanol–water partition coefficient (Wildman–Crippen LogP) is 0.920. The van der Waals surface area contributed by atoms with Crippen molar-refractivity contribution >= 4 is 11.6 Å². The first-order chi connectivity index (χ1) is 9.04. The summed E-state index contributed by atoms with van der Waals surface area (Å²) in [6.45, 7) is 0.164. The van der Waals surface area contributed by atoms with Gasteiger partial charge in [-0.05, 0) is 19.3 Å². The summed E-state index contributed by atoms with van der Waals surface area (Å²) in [5.41, 5.74) is 0.190. The zero-order valence-corrected chi connectivity index (χ0v) is 10.8. The maximum Gasteiger partial charge on any atom is 0.287 e. The van der Waals surface area contributed by atoms with Gasteiger partial charge >= 0.3 is 0 Å². The molecule has 1 aromatic heterocycles. The third kappa shape index (κ3) is 2.60.